The molecule has 0 spiro atoms. The van der Waals surface area contributed by atoms with Crippen molar-refractivity contribution in [2.75, 3.05) is 12.4 Å². The Labute approximate surface area is 171 Å². The second kappa shape index (κ2) is 7.67. The van der Waals surface area contributed by atoms with E-state index in [1.807, 2.05) is 18.2 Å². The number of nitrogens with zero attached hydrogens (tertiary/aromatic N) is 3. The van der Waals surface area contributed by atoms with Crippen LogP contribution in [0.25, 0.3) is 16.9 Å². The summed E-state index contributed by atoms with van der Waals surface area (Å²) in [6.45, 7) is 0. The number of carbonyl (C=O) groups excluding carboxylic acids is 2. The summed E-state index contributed by atoms with van der Waals surface area (Å²) in [5.74, 6) is -0.876. The first-order valence-electron chi connectivity index (χ1n) is 9.12. The Kier molecular flexibility index (Phi) is 4.89. The Bertz CT molecular complexity index is 1260. The third-order valence-corrected chi connectivity index (χ3v) is 4.61. The van der Waals surface area contributed by atoms with Gasteiger partial charge in [-0.25, -0.2) is 4.79 Å². The van der Waals surface area contributed by atoms with Gasteiger partial charge in [-0.1, -0.05) is 18.2 Å². The maximum Gasteiger partial charge on any atom is 0.337 e. The highest BCUT2D eigenvalue weighted by Gasteiger charge is 2.24. The number of aromatic nitrogens is 3. The molecule has 0 saturated heterocycles. The molecule has 4 rings (SSSR count). The van der Waals surface area contributed by atoms with Gasteiger partial charge in [0.1, 0.15) is 5.69 Å². The van der Waals surface area contributed by atoms with E-state index < -0.39 is 11.9 Å². The number of hydrogen-bond acceptors (Lipinski definition) is 5. The van der Waals surface area contributed by atoms with Gasteiger partial charge in [0.25, 0.3) is 11.5 Å². The molecule has 1 amide bonds. The van der Waals surface area contributed by atoms with E-state index >= 15 is 0 Å². The number of rotatable bonds is 4. The minimum Gasteiger partial charge on any atom is -0.465 e. The van der Waals surface area contributed by atoms with Crippen molar-refractivity contribution in [2.24, 2.45) is 7.05 Å². The van der Waals surface area contributed by atoms with Crippen LogP contribution < -0.4 is 10.9 Å². The number of amides is 1. The molecular formula is C22H18N4O4. The van der Waals surface area contributed by atoms with E-state index in [4.69, 9.17) is 0 Å². The van der Waals surface area contributed by atoms with Gasteiger partial charge in [0.15, 0.2) is 0 Å². The molecule has 0 bridgehead atoms. The van der Waals surface area contributed by atoms with Crippen LogP contribution in [0.3, 0.4) is 0 Å². The van der Waals surface area contributed by atoms with Gasteiger partial charge in [0, 0.05) is 25.1 Å². The highest BCUT2D eigenvalue weighted by Crippen LogP contribution is 2.23. The zero-order valence-corrected chi connectivity index (χ0v) is 16.3. The average molecular weight is 402 g/mol. The third kappa shape index (κ3) is 3.46. The molecule has 2 aromatic carbocycles. The van der Waals surface area contributed by atoms with E-state index in [9.17, 15) is 14.4 Å². The number of pyridine rings is 1. The zero-order valence-electron chi connectivity index (χ0n) is 16.3. The molecular weight excluding hydrogens is 384 g/mol. The maximum atomic E-state index is 12.9. The lowest BCUT2D eigenvalue weighted by Crippen LogP contribution is -2.17. The number of carbonyl (C=O) groups is 2. The number of benzene rings is 2. The normalized spacial score (nSPS) is 10.7. The van der Waals surface area contributed by atoms with Crippen LogP contribution in [-0.2, 0) is 11.8 Å². The quantitative estimate of drug-likeness (QED) is 0.530. The highest BCUT2D eigenvalue weighted by atomic mass is 16.5. The second-order valence-corrected chi connectivity index (χ2v) is 6.68. The van der Waals surface area contributed by atoms with Crippen LogP contribution in [0.5, 0.6) is 0 Å². The first-order valence-corrected chi connectivity index (χ1v) is 9.12. The third-order valence-electron chi connectivity index (χ3n) is 4.61. The molecule has 150 valence electrons. The van der Waals surface area contributed by atoms with Crippen molar-refractivity contribution >= 4 is 17.6 Å². The number of para-hydroxylation sites is 1. The summed E-state index contributed by atoms with van der Waals surface area (Å²) >= 11 is 0. The Hall–Kier alpha value is -4.20. The SMILES string of the molecule is COC(=O)c1ccc(NC(=O)c2cn(C)cc3c(=O)n(-c4ccccc4)nc2-3)cc1. The topological polar surface area (TPSA) is 95.2 Å². The summed E-state index contributed by atoms with van der Waals surface area (Å²) in [7, 11) is 3.04. The Morgan fingerprint density at radius 3 is 2.37 bits per heavy atom. The summed E-state index contributed by atoms with van der Waals surface area (Å²) in [5.41, 5.74) is 2.10. The lowest BCUT2D eigenvalue weighted by molar-refractivity contribution is 0.0600. The van der Waals surface area contributed by atoms with Crippen LogP contribution >= 0.6 is 0 Å². The second-order valence-electron chi connectivity index (χ2n) is 6.68. The van der Waals surface area contributed by atoms with Crippen LogP contribution in [0, 0.1) is 0 Å². The van der Waals surface area contributed by atoms with Crippen molar-refractivity contribution in [3.63, 3.8) is 0 Å². The number of anilines is 1. The summed E-state index contributed by atoms with van der Waals surface area (Å²) in [4.78, 5) is 37.4. The van der Waals surface area contributed by atoms with Crippen LogP contribution in [-0.4, -0.2) is 33.3 Å². The molecule has 2 heterocycles. The molecule has 0 atom stereocenters. The Morgan fingerprint density at radius 1 is 1.00 bits per heavy atom. The van der Waals surface area contributed by atoms with E-state index in [2.05, 4.69) is 15.2 Å². The van der Waals surface area contributed by atoms with Gasteiger partial charge < -0.3 is 14.6 Å². The highest BCUT2D eigenvalue weighted by molar-refractivity contribution is 6.08. The average Bonchev–Trinajstić information content (AvgIpc) is 3.10. The van der Waals surface area contributed by atoms with Gasteiger partial charge in [-0.15, -0.1) is 0 Å². The van der Waals surface area contributed by atoms with Crippen molar-refractivity contribution in [3.05, 3.63) is 88.5 Å². The number of methoxy groups -OCH3 is 1. The lowest BCUT2D eigenvalue weighted by Gasteiger charge is -2.10. The van der Waals surface area contributed by atoms with Crippen LogP contribution in [0.1, 0.15) is 20.7 Å². The van der Waals surface area contributed by atoms with E-state index in [0.29, 0.717) is 28.2 Å². The molecule has 2 aliphatic rings. The molecule has 0 aromatic heterocycles. The Balaban J connectivity index is 1.70. The largest absolute Gasteiger partial charge is 0.465 e. The monoisotopic (exact) mass is 402 g/mol. The fourth-order valence-corrected chi connectivity index (χ4v) is 3.15. The van der Waals surface area contributed by atoms with Gasteiger partial charge >= 0.3 is 5.97 Å². The maximum absolute atomic E-state index is 12.9. The molecule has 0 fully saturated rings. The molecule has 1 N–H and O–H groups in total. The zero-order chi connectivity index (χ0) is 21.3. The predicted molar refractivity (Wildman–Crippen MR) is 111 cm³/mol. The van der Waals surface area contributed by atoms with Crippen molar-refractivity contribution in [1.29, 1.82) is 0 Å². The first kappa shape index (κ1) is 19.1. The molecule has 0 saturated carbocycles. The van der Waals surface area contributed by atoms with E-state index in [1.165, 1.54) is 11.8 Å². The van der Waals surface area contributed by atoms with Gasteiger partial charge in [0.2, 0.25) is 0 Å². The van der Waals surface area contributed by atoms with Crippen molar-refractivity contribution in [3.8, 4) is 16.9 Å². The van der Waals surface area contributed by atoms with Crippen molar-refractivity contribution < 1.29 is 14.3 Å². The predicted octanol–water partition coefficient (Wildman–Crippen LogP) is 2.71. The fraction of sp³-hybridized carbons (Fsp3) is 0.0909. The van der Waals surface area contributed by atoms with E-state index in [0.717, 1.165) is 0 Å². The van der Waals surface area contributed by atoms with Crippen LogP contribution in [0.2, 0.25) is 0 Å². The fourth-order valence-electron chi connectivity index (χ4n) is 3.15. The molecule has 0 radical (unpaired) electrons. The minimum absolute atomic E-state index is 0.263. The molecule has 8 nitrogen and oxygen atoms in total. The van der Waals surface area contributed by atoms with Crippen molar-refractivity contribution in [2.45, 2.75) is 0 Å². The molecule has 2 aliphatic heterocycles. The summed E-state index contributed by atoms with van der Waals surface area (Å²) in [6.07, 6.45) is 3.26. The van der Waals surface area contributed by atoms with Crippen molar-refractivity contribution in [1.82, 2.24) is 14.3 Å². The van der Waals surface area contributed by atoms with Crippen LogP contribution in [0.15, 0.2) is 71.8 Å². The molecule has 0 unspecified atom stereocenters. The standard InChI is InChI=1S/C22H18N4O4/c1-25-12-17(20(27)23-15-10-8-14(9-11-15)22(29)30-2)19-18(13-25)21(28)26(24-19)16-6-4-3-5-7-16/h3-13H,1-2H3,(H,23,27). The smallest absolute Gasteiger partial charge is 0.337 e. The molecule has 30 heavy (non-hydrogen) atoms. The summed E-state index contributed by atoms with van der Waals surface area (Å²) in [5, 5.41) is 7.18. The van der Waals surface area contributed by atoms with Gasteiger partial charge in [-0.05, 0) is 36.4 Å². The summed E-state index contributed by atoms with van der Waals surface area (Å²) in [6, 6.07) is 15.3. The van der Waals surface area contributed by atoms with Gasteiger partial charge in [-0.2, -0.15) is 9.78 Å². The minimum atomic E-state index is -0.459. The Morgan fingerprint density at radius 2 is 1.70 bits per heavy atom. The first-order chi connectivity index (χ1) is 14.5. The van der Waals surface area contributed by atoms with Crippen LogP contribution in [0.4, 0.5) is 5.69 Å². The van der Waals surface area contributed by atoms with Gasteiger partial charge in [0.05, 0.1) is 29.5 Å². The number of esters is 1. The number of fused-ring (bicyclic) bond motifs is 1. The molecule has 8 heteroatoms. The lowest BCUT2D eigenvalue weighted by atomic mass is 10.1. The molecule has 2 aromatic rings. The molecule has 0 aliphatic carbocycles. The number of aryl methyl sites for hydroxylation is 1. The number of hydrogen-bond donors (Lipinski definition) is 1. The number of nitrogens with one attached hydrogen (secondary N) is 1. The summed E-state index contributed by atoms with van der Waals surface area (Å²) < 4.78 is 7.60. The van der Waals surface area contributed by atoms with E-state index in [1.54, 1.807) is 60.4 Å². The number of ether oxygens (including phenoxy) is 1. The van der Waals surface area contributed by atoms with E-state index in [-0.39, 0.29) is 11.1 Å². The van der Waals surface area contributed by atoms with Gasteiger partial charge in [-0.3, -0.25) is 9.59 Å².